The lowest BCUT2D eigenvalue weighted by Crippen LogP contribution is -2.15. The Balaban J connectivity index is 1.59. The summed E-state index contributed by atoms with van der Waals surface area (Å²) in [7, 11) is 1.48. The van der Waals surface area contributed by atoms with Gasteiger partial charge in [-0.25, -0.2) is 9.78 Å². The number of halogens is 1. The van der Waals surface area contributed by atoms with Crippen molar-refractivity contribution >= 4 is 45.8 Å². The van der Waals surface area contributed by atoms with E-state index in [0.29, 0.717) is 33.1 Å². The van der Waals surface area contributed by atoms with E-state index in [2.05, 4.69) is 10.1 Å². The van der Waals surface area contributed by atoms with Crippen LogP contribution in [0.2, 0.25) is 5.02 Å². The number of carbonyl (C=O) groups is 2. The molecule has 0 unspecified atom stereocenters. The average Bonchev–Trinajstić information content (AvgIpc) is 3.41. The van der Waals surface area contributed by atoms with Gasteiger partial charge in [0.25, 0.3) is 5.71 Å². The predicted octanol–water partition coefficient (Wildman–Crippen LogP) is 4.96. The van der Waals surface area contributed by atoms with E-state index in [9.17, 15) is 9.59 Å². The van der Waals surface area contributed by atoms with Crippen LogP contribution in [0.5, 0.6) is 5.75 Å². The van der Waals surface area contributed by atoms with E-state index in [1.54, 1.807) is 25.1 Å². The molecule has 0 fully saturated rings. The Labute approximate surface area is 180 Å². The van der Waals surface area contributed by atoms with Crippen molar-refractivity contribution in [2.45, 2.75) is 6.92 Å². The van der Waals surface area contributed by atoms with Crippen LogP contribution < -0.4 is 4.74 Å². The van der Waals surface area contributed by atoms with Crippen molar-refractivity contribution in [1.29, 1.82) is 0 Å². The largest absolute Gasteiger partial charge is 0.495 e. The van der Waals surface area contributed by atoms with Crippen LogP contribution in [-0.4, -0.2) is 35.6 Å². The molecule has 9 heteroatoms. The van der Waals surface area contributed by atoms with Gasteiger partial charge in [-0.2, -0.15) is 0 Å². The minimum atomic E-state index is -0.667. The molecule has 0 aliphatic heterocycles. The highest BCUT2D eigenvalue weighted by Crippen LogP contribution is 2.30. The molecule has 0 amide bonds. The van der Waals surface area contributed by atoms with Crippen molar-refractivity contribution in [3.63, 3.8) is 0 Å². The van der Waals surface area contributed by atoms with E-state index in [4.69, 9.17) is 25.6 Å². The van der Waals surface area contributed by atoms with Gasteiger partial charge in [-0.1, -0.05) is 22.8 Å². The van der Waals surface area contributed by atoms with Crippen LogP contribution in [-0.2, 0) is 4.74 Å². The number of nitrogens with zero attached hydrogens (tertiary/aromatic N) is 2. The summed E-state index contributed by atoms with van der Waals surface area (Å²) in [5, 5.41) is 6.56. The second kappa shape index (κ2) is 8.25. The van der Waals surface area contributed by atoms with Gasteiger partial charge in [0.15, 0.2) is 12.4 Å². The molecule has 4 rings (SSSR count). The second-order valence-electron chi connectivity index (χ2n) is 6.33. The first-order valence-electron chi connectivity index (χ1n) is 8.82. The number of thiophene rings is 1. The molecule has 1 aromatic carbocycles. The van der Waals surface area contributed by atoms with E-state index in [1.165, 1.54) is 24.5 Å². The van der Waals surface area contributed by atoms with Crippen molar-refractivity contribution < 1.29 is 23.6 Å². The Kier molecular flexibility index (Phi) is 5.52. The molecule has 0 aliphatic carbocycles. The predicted molar refractivity (Wildman–Crippen MR) is 112 cm³/mol. The molecule has 0 N–H and O–H groups in total. The van der Waals surface area contributed by atoms with Crippen LogP contribution in [0, 0.1) is 6.92 Å². The first-order valence-corrected chi connectivity index (χ1v) is 10.1. The maximum absolute atomic E-state index is 12.8. The van der Waals surface area contributed by atoms with Crippen LogP contribution in [0.1, 0.15) is 26.4 Å². The lowest BCUT2D eigenvalue weighted by Gasteiger charge is -2.08. The molecule has 0 spiro atoms. The zero-order chi connectivity index (χ0) is 21.3. The van der Waals surface area contributed by atoms with E-state index in [1.807, 2.05) is 17.5 Å². The number of hydrogen-bond acceptors (Lipinski definition) is 8. The summed E-state index contributed by atoms with van der Waals surface area (Å²) in [6.07, 6.45) is 0. The molecular weight excluding hydrogens is 428 g/mol. The molecule has 4 aromatic rings. The van der Waals surface area contributed by atoms with Gasteiger partial charge < -0.3 is 14.0 Å². The van der Waals surface area contributed by atoms with Gasteiger partial charge in [0, 0.05) is 5.56 Å². The molecule has 0 saturated carbocycles. The van der Waals surface area contributed by atoms with Crippen molar-refractivity contribution in [1.82, 2.24) is 10.1 Å². The summed E-state index contributed by atoms with van der Waals surface area (Å²) in [6.45, 7) is 1.27. The maximum Gasteiger partial charge on any atom is 0.339 e. The number of carbonyl (C=O) groups excluding carboxylic acids is 2. The Hall–Kier alpha value is -3.23. The number of aromatic nitrogens is 2. The highest BCUT2D eigenvalue weighted by atomic mass is 35.5. The molecule has 0 atom stereocenters. The quantitative estimate of drug-likeness (QED) is 0.307. The molecule has 3 heterocycles. The van der Waals surface area contributed by atoms with Crippen molar-refractivity contribution in [3.05, 3.63) is 63.6 Å². The van der Waals surface area contributed by atoms with Crippen molar-refractivity contribution in [2.24, 2.45) is 0 Å². The van der Waals surface area contributed by atoms with Crippen molar-refractivity contribution in [3.8, 4) is 16.3 Å². The third-order valence-electron chi connectivity index (χ3n) is 4.42. The fourth-order valence-electron chi connectivity index (χ4n) is 2.94. The number of benzene rings is 1. The van der Waals surface area contributed by atoms with Gasteiger partial charge in [-0.15, -0.1) is 11.3 Å². The molecule has 152 valence electrons. The van der Waals surface area contributed by atoms with Crippen molar-refractivity contribution in [2.75, 3.05) is 13.7 Å². The minimum Gasteiger partial charge on any atom is -0.495 e. The van der Waals surface area contributed by atoms with E-state index in [-0.39, 0.29) is 11.3 Å². The highest BCUT2D eigenvalue weighted by molar-refractivity contribution is 7.13. The first-order chi connectivity index (χ1) is 14.5. The van der Waals surface area contributed by atoms with Gasteiger partial charge in [-0.05, 0) is 42.6 Å². The number of esters is 1. The van der Waals surface area contributed by atoms with E-state index in [0.717, 1.165) is 4.88 Å². The number of rotatable bonds is 6. The van der Waals surface area contributed by atoms with Crippen LogP contribution in [0.3, 0.4) is 0 Å². The summed E-state index contributed by atoms with van der Waals surface area (Å²) < 4.78 is 15.6. The number of methoxy groups -OCH3 is 1. The summed E-state index contributed by atoms with van der Waals surface area (Å²) in [6, 6.07) is 10.0. The molecule has 3 aromatic heterocycles. The molecule has 7 nitrogen and oxygen atoms in total. The maximum atomic E-state index is 12.8. The number of pyridine rings is 1. The van der Waals surface area contributed by atoms with Crippen LogP contribution in [0.4, 0.5) is 0 Å². The first kappa shape index (κ1) is 20.1. The molecule has 0 bridgehead atoms. The van der Waals surface area contributed by atoms with Crippen LogP contribution in [0.15, 0.2) is 46.3 Å². The number of ketones is 1. The molecular formula is C21H15ClN2O5S. The summed E-state index contributed by atoms with van der Waals surface area (Å²) >= 11 is 7.54. The number of hydrogen-bond donors (Lipinski definition) is 0. The normalized spacial score (nSPS) is 10.9. The minimum absolute atomic E-state index is 0.235. The smallest absolute Gasteiger partial charge is 0.339 e. The molecule has 30 heavy (non-hydrogen) atoms. The second-order valence-corrected chi connectivity index (χ2v) is 7.68. The Morgan fingerprint density at radius 3 is 2.77 bits per heavy atom. The number of Topliss-reactive ketones (excluding diaryl/α,β-unsaturated/α-hetero) is 1. The number of aryl methyl sites for hydroxylation is 1. The van der Waals surface area contributed by atoms with Gasteiger partial charge in [-0.3, -0.25) is 4.79 Å². The summed E-state index contributed by atoms with van der Waals surface area (Å²) in [4.78, 5) is 30.6. The van der Waals surface area contributed by atoms with Gasteiger partial charge in [0.1, 0.15) is 5.75 Å². The van der Waals surface area contributed by atoms with E-state index >= 15 is 0 Å². The average molecular weight is 443 g/mol. The number of fused-ring (bicyclic) bond motifs is 1. The zero-order valence-electron chi connectivity index (χ0n) is 16.0. The van der Waals surface area contributed by atoms with Gasteiger partial charge in [0.05, 0.1) is 39.3 Å². The molecule has 0 saturated heterocycles. The Morgan fingerprint density at radius 1 is 1.23 bits per heavy atom. The van der Waals surface area contributed by atoms with Gasteiger partial charge in [0.2, 0.25) is 0 Å². The van der Waals surface area contributed by atoms with Crippen LogP contribution in [0.25, 0.3) is 21.7 Å². The molecule has 0 aliphatic rings. The van der Waals surface area contributed by atoms with E-state index < -0.39 is 18.4 Å². The third kappa shape index (κ3) is 3.79. The lowest BCUT2D eigenvalue weighted by atomic mass is 10.1. The van der Waals surface area contributed by atoms with Crippen LogP contribution >= 0.6 is 22.9 Å². The summed E-state index contributed by atoms with van der Waals surface area (Å²) in [5.41, 5.74) is 1.86. The highest BCUT2D eigenvalue weighted by Gasteiger charge is 2.22. The topological polar surface area (TPSA) is 91.5 Å². The standard InChI is InChI=1S/C21H15ClN2O5S/c1-11-19-13(9-15(18-4-3-7-30-18)23-20(19)29-24-11)21(26)28-10-16(25)12-5-6-17(27-2)14(22)8-12/h3-9H,10H2,1-2H3. The third-order valence-corrected chi connectivity index (χ3v) is 5.61. The van der Waals surface area contributed by atoms with Gasteiger partial charge >= 0.3 is 5.97 Å². The monoisotopic (exact) mass is 442 g/mol. The fourth-order valence-corrected chi connectivity index (χ4v) is 3.88. The zero-order valence-corrected chi connectivity index (χ0v) is 17.5. The lowest BCUT2D eigenvalue weighted by molar-refractivity contribution is 0.0476. The Bertz CT molecular complexity index is 1250. The summed E-state index contributed by atoms with van der Waals surface area (Å²) in [5.74, 6) is -0.605. The fraction of sp³-hybridized carbons (Fsp3) is 0.143. The number of ether oxygens (including phenoxy) is 2. The Morgan fingerprint density at radius 2 is 2.07 bits per heavy atom. The SMILES string of the molecule is COc1ccc(C(=O)COC(=O)c2cc(-c3cccs3)nc3onc(C)c23)cc1Cl. The molecule has 0 radical (unpaired) electrons.